The summed E-state index contributed by atoms with van der Waals surface area (Å²) in [5, 5.41) is 4.88. The molecule has 1 aromatic heterocycles. The lowest BCUT2D eigenvalue weighted by Gasteiger charge is -2.14. The van der Waals surface area contributed by atoms with Crippen molar-refractivity contribution in [2.75, 3.05) is 35.5 Å². The minimum Gasteiger partial charge on any atom is -0.493 e. The van der Waals surface area contributed by atoms with E-state index in [1.807, 2.05) is 0 Å². The Hall–Kier alpha value is -3.75. The molecule has 0 unspecified atom stereocenters. The van der Waals surface area contributed by atoms with Gasteiger partial charge < -0.3 is 23.7 Å². The third-order valence-electron chi connectivity index (χ3n) is 4.85. The summed E-state index contributed by atoms with van der Waals surface area (Å²) in [5.41, 5.74) is 1.44. The summed E-state index contributed by atoms with van der Waals surface area (Å²) >= 11 is 0. The number of aryl methyl sites for hydroxylation is 1. The number of benzene rings is 2. The average molecular weight is 427 g/mol. The van der Waals surface area contributed by atoms with Gasteiger partial charge in [-0.2, -0.15) is 9.78 Å². The first-order valence-electron chi connectivity index (χ1n) is 9.39. The molecule has 0 N–H and O–H groups in total. The Kier molecular flexibility index (Phi) is 6.33. The molecule has 3 aromatic rings. The molecule has 0 bridgehead atoms. The minimum atomic E-state index is -0.324. The normalized spacial score (nSPS) is 11.4. The Labute approximate surface area is 179 Å². The highest BCUT2D eigenvalue weighted by Gasteiger charge is 2.16. The van der Waals surface area contributed by atoms with Crippen LogP contribution in [-0.4, -0.2) is 50.9 Å². The lowest BCUT2D eigenvalue weighted by molar-refractivity contribution is 0.324. The third-order valence-corrected chi connectivity index (χ3v) is 4.85. The van der Waals surface area contributed by atoms with E-state index in [1.165, 1.54) is 40.2 Å². The van der Waals surface area contributed by atoms with Gasteiger partial charge in [-0.3, -0.25) is 4.79 Å². The molecular formula is C22H25N3O6. The van der Waals surface area contributed by atoms with Crippen molar-refractivity contribution in [3.63, 3.8) is 0 Å². The van der Waals surface area contributed by atoms with E-state index in [0.717, 1.165) is 0 Å². The van der Waals surface area contributed by atoms with Crippen LogP contribution in [0.25, 0.3) is 10.9 Å². The molecule has 2 aromatic carbocycles. The Morgan fingerprint density at radius 2 is 1.39 bits per heavy atom. The highest BCUT2D eigenvalue weighted by molar-refractivity contribution is 6.00. The smallest absolute Gasteiger partial charge is 0.282 e. The van der Waals surface area contributed by atoms with Crippen molar-refractivity contribution in [2.24, 2.45) is 5.10 Å². The molecule has 0 atom stereocenters. The van der Waals surface area contributed by atoms with Crippen LogP contribution >= 0.6 is 0 Å². The van der Waals surface area contributed by atoms with Crippen molar-refractivity contribution < 1.29 is 23.7 Å². The lowest BCUT2D eigenvalue weighted by atomic mass is 10.1. The Balaban J connectivity index is 2.19. The molecule has 1 heterocycles. The number of hydrogen-bond acceptors (Lipinski definition) is 8. The summed E-state index contributed by atoms with van der Waals surface area (Å²) in [7, 11) is 7.65. The molecule has 0 saturated heterocycles. The van der Waals surface area contributed by atoms with Crippen LogP contribution in [0.5, 0.6) is 28.7 Å². The fourth-order valence-electron chi connectivity index (χ4n) is 3.23. The zero-order chi connectivity index (χ0) is 22.7. The zero-order valence-electron chi connectivity index (χ0n) is 18.6. The highest BCUT2D eigenvalue weighted by atomic mass is 16.5. The molecule has 0 spiro atoms. The Morgan fingerprint density at radius 3 is 1.90 bits per heavy atom. The van der Waals surface area contributed by atoms with Crippen LogP contribution in [-0.2, 0) is 0 Å². The molecule has 9 heteroatoms. The molecule has 3 rings (SSSR count). The first-order chi connectivity index (χ1) is 14.9. The molecule has 0 amide bonds. The fourth-order valence-corrected chi connectivity index (χ4v) is 3.23. The van der Waals surface area contributed by atoms with Gasteiger partial charge in [0, 0.05) is 11.6 Å². The maximum absolute atomic E-state index is 13.2. The Morgan fingerprint density at radius 1 is 0.839 bits per heavy atom. The topological polar surface area (TPSA) is 93.4 Å². The van der Waals surface area contributed by atoms with Gasteiger partial charge in [0.2, 0.25) is 5.75 Å². The summed E-state index contributed by atoms with van der Waals surface area (Å²) in [6.45, 7) is 3.49. The van der Waals surface area contributed by atoms with Crippen molar-refractivity contribution in [1.29, 1.82) is 0 Å². The van der Waals surface area contributed by atoms with Crippen molar-refractivity contribution in [3.8, 4) is 28.7 Å². The molecule has 0 aliphatic carbocycles. The number of methoxy groups -OCH3 is 5. The summed E-state index contributed by atoms with van der Waals surface area (Å²) < 4.78 is 28.0. The summed E-state index contributed by atoms with van der Waals surface area (Å²) in [6.07, 6.45) is 0. The summed E-state index contributed by atoms with van der Waals surface area (Å²) in [5.74, 6) is 2.82. The molecular weight excluding hydrogens is 402 g/mol. The summed E-state index contributed by atoms with van der Waals surface area (Å²) in [4.78, 5) is 17.7. The average Bonchev–Trinajstić information content (AvgIpc) is 2.79. The molecule has 0 saturated carbocycles. The first-order valence-corrected chi connectivity index (χ1v) is 9.39. The van der Waals surface area contributed by atoms with Crippen LogP contribution in [0.1, 0.15) is 18.3 Å². The standard InChI is InChI=1S/C22H25N3O6/c1-12(14-8-19(29-5)21(31-7)20(9-14)30-6)24-25-13(2)23-16-11-18(28-4)17(27-3)10-15(16)22(25)26/h8-11H,1-7H3. The van der Waals surface area contributed by atoms with Crippen molar-refractivity contribution >= 4 is 16.6 Å². The molecule has 0 radical (unpaired) electrons. The Bertz CT molecular complexity index is 1190. The maximum Gasteiger partial charge on any atom is 0.282 e. The minimum absolute atomic E-state index is 0.324. The second kappa shape index (κ2) is 8.95. The van der Waals surface area contributed by atoms with Crippen LogP contribution in [0.4, 0.5) is 0 Å². The van der Waals surface area contributed by atoms with E-state index in [1.54, 1.807) is 38.1 Å². The molecule has 31 heavy (non-hydrogen) atoms. The second-order valence-corrected chi connectivity index (χ2v) is 6.60. The molecule has 9 nitrogen and oxygen atoms in total. The zero-order valence-corrected chi connectivity index (χ0v) is 18.6. The van der Waals surface area contributed by atoms with Gasteiger partial charge in [0.05, 0.1) is 52.2 Å². The van der Waals surface area contributed by atoms with Crippen LogP contribution < -0.4 is 29.2 Å². The number of aromatic nitrogens is 2. The van der Waals surface area contributed by atoms with E-state index in [9.17, 15) is 4.79 Å². The van der Waals surface area contributed by atoms with E-state index in [-0.39, 0.29) is 5.56 Å². The molecule has 164 valence electrons. The predicted octanol–water partition coefficient (Wildman–Crippen LogP) is 3.02. The van der Waals surface area contributed by atoms with E-state index in [2.05, 4.69) is 10.1 Å². The first kappa shape index (κ1) is 21.9. The monoisotopic (exact) mass is 427 g/mol. The third kappa shape index (κ3) is 3.98. The molecule has 0 aliphatic heterocycles. The van der Waals surface area contributed by atoms with Gasteiger partial charge in [-0.05, 0) is 32.0 Å². The number of nitrogens with zero attached hydrogens (tertiary/aromatic N) is 3. The van der Waals surface area contributed by atoms with Gasteiger partial charge in [-0.1, -0.05) is 0 Å². The highest BCUT2D eigenvalue weighted by Crippen LogP contribution is 2.38. The van der Waals surface area contributed by atoms with E-state index >= 15 is 0 Å². The quantitative estimate of drug-likeness (QED) is 0.535. The second-order valence-electron chi connectivity index (χ2n) is 6.60. The molecule has 0 aliphatic rings. The SMILES string of the molecule is COc1cc2nc(C)n(N=C(C)c3cc(OC)c(OC)c(OC)c3)c(=O)c2cc1OC. The van der Waals surface area contributed by atoms with Gasteiger partial charge in [0.15, 0.2) is 23.0 Å². The summed E-state index contributed by atoms with van der Waals surface area (Å²) in [6, 6.07) is 6.80. The van der Waals surface area contributed by atoms with Gasteiger partial charge in [0.25, 0.3) is 5.56 Å². The van der Waals surface area contributed by atoms with E-state index in [0.29, 0.717) is 56.8 Å². The van der Waals surface area contributed by atoms with Crippen molar-refractivity contribution in [2.45, 2.75) is 13.8 Å². The van der Waals surface area contributed by atoms with Crippen molar-refractivity contribution in [1.82, 2.24) is 9.66 Å². The lowest BCUT2D eigenvalue weighted by Crippen LogP contribution is -2.22. The predicted molar refractivity (Wildman–Crippen MR) is 118 cm³/mol. The fraction of sp³-hybridized carbons (Fsp3) is 0.318. The van der Waals surface area contributed by atoms with Gasteiger partial charge in [0.1, 0.15) is 5.82 Å². The largest absolute Gasteiger partial charge is 0.493 e. The van der Waals surface area contributed by atoms with Crippen molar-refractivity contribution in [3.05, 3.63) is 46.0 Å². The van der Waals surface area contributed by atoms with Crippen LogP contribution in [0, 0.1) is 6.92 Å². The van der Waals surface area contributed by atoms with Gasteiger partial charge >= 0.3 is 0 Å². The van der Waals surface area contributed by atoms with Gasteiger partial charge in [-0.25, -0.2) is 4.98 Å². The number of hydrogen-bond donors (Lipinski definition) is 0. The van der Waals surface area contributed by atoms with E-state index in [4.69, 9.17) is 23.7 Å². The van der Waals surface area contributed by atoms with E-state index < -0.39 is 0 Å². The number of fused-ring (bicyclic) bond motifs is 1. The maximum atomic E-state index is 13.2. The molecule has 0 fully saturated rings. The van der Waals surface area contributed by atoms with Gasteiger partial charge in [-0.15, -0.1) is 0 Å². The number of rotatable bonds is 7. The van der Waals surface area contributed by atoms with Crippen LogP contribution in [0.3, 0.4) is 0 Å². The van der Waals surface area contributed by atoms with Crippen LogP contribution in [0.15, 0.2) is 34.2 Å². The van der Waals surface area contributed by atoms with Crippen LogP contribution in [0.2, 0.25) is 0 Å². The number of ether oxygens (including phenoxy) is 5.